The Labute approximate surface area is 191 Å². The molecule has 7 heteroatoms. The molecule has 0 aromatic heterocycles. The van der Waals surface area contributed by atoms with Crippen LogP contribution in [0.15, 0.2) is 72.8 Å². The summed E-state index contributed by atoms with van der Waals surface area (Å²) in [4.78, 5) is 24.9. The molecular formula is C24H22Cl2N2O3. The standard InChI is InChI=1S/C24H22Cl2N2O3/c1-16(24(30)27-20-14-18(25)13-19(26)15-20)31-22-10-6-5-9-21(22)28-23(29)12-11-17-7-3-2-4-8-17/h2-10,13-16H,11-12H2,1H3,(H,27,30)(H,28,29). The van der Waals surface area contributed by atoms with Crippen LogP contribution in [0, 0.1) is 0 Å². The molecule has 160 valence electrons. The number of hydrogen-bond acceptors (Lipinski definition) is 3. The minimum absolute atomic E-state index is 0.134. The molecule has 31 heavy (non-hydrogen) atoms. The van der Waals surface area contributed by atoms with Crippen LogP contribution in [-0.2, 0) is 16.0 Å². The molecule has 0 aliphatic heterocycles. The zero-order valence-corrected chi connectivity index (χ0v) is 18.4. The van der Waals surface area contributed by atoms with Crippen molar-refractivity contribution in [3.05, 3.63) is 88.4 Å². The highest BCUT2D eigenvalue weighted by Crippen LogP contribution is 2.26. The Kier molecular flexibility index (Phi) is 7.93. The summed E-state index contributed by atoms with van der Waals surface area (Å²) < 4.78 is 5.81. The van der Waals surface area contributed by atoms with Crippen molar-refractivity contribution in [1.82, 2.24) is 0 Å². The average molecular weight is 457 g/mol. The molecule has 1 atom stereocenters. The van der Waals surface area contributed by atoms with E-state index in [-0.39, 0.29) is 11.8 Å². The predicted octanol–water partition coefficient (Wildman–Crippen LogP) is 5.97. The van der Waals surface area contributed by atoms with Crippen LogP contribution in [0.5, 0.6) is 5.75 Å². The first-order chi connectivity index (χ1) is 14.9. The number of ether oxygens (including phenoxy) is 1. The van der Waals surface area contributed by atoms with E-state index in [1.807, 2.05) is 30.3 Å². The molecule has 0 fully saturated rings. The fraction of sp³-hybridized carbons (Fsp3) is 0.167. The highest BCUT2D eigenvalue weighted by atomic mass is 35.5. The maximum atomic E-state index is 12.5. The smallest absolute Gasteiger partial charge is 0.265 e. The summed E-state index contributed by atoms with van der Waals surface area (Å²) in [6, 6.07) is 21.6. The van der Waals surface area contributed by atoms with E-state index in [9.17, 15) is 9.59 Å². The molecule has 0 heterocycles. The predicted molar refractivity (Wildman–Crippen MR) is 125 cm³/mol. The van der Waals surface area contributed by atoms with Gasteiger partial charge in [-0.2, -0.15) is 0 Å². The van der Waals surface area contributed by atoms with E-state index in [4.69, 9.17) is 27.9 Å². The lowest BCUT2D eigenvalue weighted by Crippen LogP contribution is -2.30. The highest BCUT2D eigenvalue weighted by Gasteiger charge is 2.18. The Morgan fingerprint density at radius 1 is 0.903 bits per heavy atom. The van der Waals surface area contributed by atoms with E-state index in [1.165, 1.54) is 0 Å². The molecule has 0 aliphatic carbocycles. The first-order valence-electron chi connectivity index (χ1n) is 9.77. The minimum atomic E-state index is -0.819. The maximum Gasteiger partial charge on any atom is 0.265 e. The topological polar surface area (TPSA) is 67.4 Å². The van der Waals surface area contributed by atoms with Crippen molar-refractivity contribution in [2.45, 2.75) is 25.9 Å². The van der Waals surface area contributed by atoms with Gasteiger partial charge in [0, 0.05) is 22.2 Å². The number of amides is 2. The van der Waals surface area contributed by atoms with Crippen molar-refractivity contribution in [2.75, 3.05) is 10.6 Å². The van der Waals surface area contributed by atoms with Gasteiger partial charge in [-0.25, -0.2) is 0 Å². The van der Waals surface area contributed by atoms with Gasteiger partial charge in [0.2, 0.25) is 5.91 Å². The van der Waals surface area contributed by atoms with Gasteiger partial charge in [-0.15, -0.1) is 0 Å². The largest absolute Gasteiger partial charge is 0.479 e. The van der Waals surface area contributed by atoms with Crippen molar-refractivity contribution in [3.8, 4) is 5.75 Å². The fourth-order valence-corrected chi connectivity index (χ4v) is 3.43. The second kappa shape index (κ2) is 10.8. The number of aryl methyl sites for hydroxylation is 1. The van der Waals surface area contributed by atoms with Gasteiger partial charge in [0.25, 0.3) is 5.91 Å². The summed E-state index contributed by atoms with van der Waals surface area (Å²) in [5.41, 5.74) is 2.07. The van der Waals surface area contributed by atoms with Crippen molar-refractivity contribution in [3.63, 3.8) is 0 Å². The molecule has 3 aromatic rings. The lowest BCUT2D eigenvalue weighted by Gasteiger charge is -2.18. The number of halogens is 2. The zero-order chi connectivity index (χ0) is 22.2. The Morgan fingerprint density at radius 3 is 2.26 bits per heavy atom. The van der Waals surface area contributed by atoms with Gasteiger partial charge in [-0.3, -0.25) is 9.59 Å². The lowest BCUT2D eigenvalue weighted by atomic mass is 10.1. The average Bonchev–Trinajstić information content (AvgIpc) is 2.73. The number of hydrogen-bond donors (Lipinski definition) is 2. The third-order valence-corrected chi connectivity index (χ3v) is 4.88. The number of nitrogens with one attached hydrogen (secondary N) is 2. The molecule has 3 aromatic carbocycles. The Bertz CT molecular complexity index is 1040. The summed E-state index contributed by atoms with van der Waals surface area (Å²) >= 11 is 11.9. The second-order valence-corrected chi connectivity index (χ2v) is 7.81. The Hall–Kier alpha value is -3.02. The first kappa shape index (κ1) is 22.7. The number of anilines is 2. The van der Waals surface area contributed by atoms with Gasteiger partial charge in [0.15, 0.2) is 6.10 Å². The van der Waals surface area contributed by atoms with E-state index in [0.29, 0.717) is 40.0 Å². The van der Waals surface area contributed by atoms with Gasteiger partial charge in [-0.1, -0.05) is 65.7 Å². The fourth-order valence-electron chi connectivity index (χ4n) is 2.90. The summed E-state index contributed by atoms with van der Waals surface area (Å²) in [6.45, 7) is 1.62. The quantitative estimate of drug-likeness (QED) is 0.438. The van der Waals surface area contributed by atoms with Crippen LogP contribution in [0.25, 0.3) is 0 Å². The molecule has 0 bridgehead atoms. The number of benzene rings is 3. The summed E-state index contributed by atoms with van der Waals surface area (Å²) in [6.07, 6.45) is 0.154. The number of para-hydroxylation sites is 2. The summed E-state index contributed by atoms with van der Waals surface area (Å²) in [7, 11) is 0. The van der Waals surface area contributed by atoms with Crippen LogP contribution in [0.4, 0.5) is 11.4 Å². The molecule has 5 nitrogen and oxygen atoms in total. The molecule has 2 N–H and O–H groups in total. The van der Waals surface area contributed by atoms with E-state index in [0.717, 1.165) is 5.56 Å². The van der Waals surface area contributed by atoms with Crippen LogP contribution in [0.3, 0.4) is 0 Å². The SMILES string of the molecule is CC(Oc1ccccc1NC(=O)CCc1ccccc1)C(=O)Nc1cc(Cl)cc(Cl)c1. The molecule has 0 aliphatic rings. The van der Waals surface area contributed by atoms with Gasteiger partial charge >= 0.3 is 0 Å². The van der Waals surface area contributed by atoms with Crippen molar-refractivity contribution in [2.24, 2.45) is 0 Å². The minimum Gasteiger partial charge on any atom is -0.479 e. The highest BCUT2D eigenvalue weighted by molar-refractivity contribution is 6.35. The van der Waals surface area contributed by atoms with Crippen molar-refractivity contribution in [1.29, 1.82) is 0 Å². The van der Waals surface area contributed by atoms with Crippen LogP contribution < -0.4 is 15.4 Å². The molecule has 2 amide bonds. The zero-order valence-electron chi connectivity index (χ0n) is 16.9. The molecule has 0 radical (unpaired) electrons. The number of carbonyl (C=O) groups is 2. The Balaban J connectivity index is 1.60. The number of rotatable bonds is 8. The van der Waals surface area contributed by atoms with E-state index >= 15 is 0 Å². The summed E-state index contributed by atoms with van der Waals surface area (Å²) in [5.74, 6) is -0.101. The van der Waals surface area contributed by atoms with Gasteiger partial charge in [-0.05, 0) is 49.2 Å². The molecule has 0 spiro atoms. The van der Waals surface area contributed by atoms with Crippen LogP contribution in [-0.4, -0.2) is 17.9 Å². The third kappa shape index (κ3) is 7.02. The second-order valence-electron chi connectivity index (χ2n) is 6.94. The van der Waals surface area contributed by atoms with E-state index in [2.05, 4.69) is 10.6 Å². The first-order valence-corrected chi connectivity index (χ1v) is 10.5. The monoisotopic (exact) mass is 456 g/mol. The number of carbonyl (C=O) groups excluding carboxylic acids is 2. The molecular weight excluding hydrogens is 435 g/mol. The Morgan fingerprint density at radius 2 is 1.55 bits per heavy atom. The van der Waals surface area contributed by atoms with Crippen molar-refractivity contribution >= 4 is 46.4 Å². The molecule has 0 saturated carbocycles. The van der Waals surface area contributed by atoms with Gasteiger partial charge in [0.1, 0.15) is 5.75 Å². The van der Waals surface area contributed by atoms with Crippen LogP contribution >= 0.6 is 23.2 Å². The summed E-state index contributed by atoms with van der Waals surface area (Å²) in [5, 5.41) is 6.41. The van der Waals surface area contributed by atoms with E-state index < -0.39 is 6.10 Å². The van der Waals surface area contributed by atoms with Gasteiger partial charge in [0.05, 0.1) is 5.69 Å². The third-order valence-electron chi connectivity index (χ3n) is 4.45. The van der Waals surface area contributed by atoms with Crippen LogP contribution in [0.1, 0.15) is 18.9 Å². The van der Waals surface area contributed by atoms with E-state index in [1.54, 1.807) is 49.4 Å². The van der Waals surface area contributed by atoms with Gasteiger partial charge < -0.3 is 15.4 Å². The lowest BCUT2D eigenvalue weighted by molar-refractivity contribution is -0.122. The van der Waals surface area contributed by atoms with Crippen LogP contribution in [0.2, 0.25) is 10.0 Å². The molecule has 0 saturated heterocycles. The maximum absolute atomic E-state index is 12.5. The normalized spacial score (nSPS) is 11.5. The molecule has 1 unspecified atom stereocenters. The molecule has 3 rings (SSSR count). The van der Waals surface area contributed by atoms with Crippen molar-refractivity contribution < 1.29 is 14.3 Å².